The Kier molecular flexibility index (Phi) is 4.89. The number of benzene rings is 1. The molecule has 0 amide bonds. The Morgan fingerprint density at radius 1 is 1.41 bits per heavy atom. The van der Waals surface area contributed by atoms with Gasteiger partial charge in [-0.05, 0) is 43.0 Å². The minimum absolute atomic E-state index is 0.0781. The maximum atomic E-state index is 12.2. The molecule has 0 radical (unpaired) electrons. The molecule has 1 aromatic rings. The summed E-state index contributed by atoms with van der Waals surface area (Å²) in [6.45, 7) is 5.97. The lowest BCUT2D eigenvalue weighted by molar-refractivity contribution is 0.0936. The van der Waals surface area contributed by atoms with Gasteiger partial charge in [0.15, 0.2) is 5.78 Å². The maximum absolute atomic E-state index is 12.2. The molecule has 0 bridgehead atoms. The average Bonchev–Trinajstić information content (AvgIpc) is 2.23. The van der Waals surface area contributed by atoms with Crippen molar-refractivity contribution in [1.82, 2.24) is 0 Å². The molecule has 0 heterocycles. The first-order chi connectivity index (χ1) is 7.93. The summed E-state index contributed by atoms with van der Waals surface area (Å²) < 4.78 is 0.877. The molecule has 90 valence electrons. The number of hydrogen-bond acceptors (Lipinski definition) is 2. The SMILES string of the molecule is Cc1cc(Br)cc(C(=O)C(C#N)CC(C)C)c1. The molecule has 0 aliphatic rings. The van der Waals surface area contributed by atoms with Crippen molar-refractivity contribution < 1.29 is 4.79 Å². The fourth-order valence-electron chi connectivity index (χ4n) is 1.77. The van der Waals surface area contributed by atoms with Gasteiger partial charge in [0.25, 0.3) is 0 Å². The number of carbonyl (C=O) groups is 1. The molecule has 17 heavy (non-hydrogen) atoms. The highest BCUT2D eigenvalue weighted by molar-refractivity contribution is 9.10. The summed E-state index contributed by atoms with van der Waals surface area (Å²) in [5.74, 6) is -0.272. The molecule has 0 aliphatic carbocycles. The van der Waals surface area contributed by atoms with Crippen LogP contribution in [0.2, 0.25) is 0 Å². The van der Waals surface area contributed by atoms with Gasteiger partial charge >= 0.3 is 0 Å². The van der Waals surface area contributed by atoms with E-state index in [1.807, 2.05) is 32.9 Å². The Hall–Kier alpha value is -1.14. The molecule has 0 saturated carbocycles. The Balaban J connectivity index is 2.98. The number of nitrogens with zero attached hydrogens (tertiary/aromatic N) is 1. The van der Waals surface area contributed by atoms with Crippen molar-refractivity contribution in [2.75, 3.05) is 0 Å². The summed E-state index contributed by atoms with van der Waals surface area (Å²) in [5.41, 5.74) is 1.63. The Bertz CT molecular complexity index is 440. The highest BCUT2D eigenvalue weighted by Crippen LogP contribution is 2.21. The van der Waals surface area contributed by atoms with Gasteiger partial charge in [-0.15, -0.1) is 0 Å². The van der Waals surface area contributed by atoms with E-state index in [0.29, 0.717) is 17.9 Å². The third-order valence-electron chi connectivity index (χ3n) is 2.51. The Morgan fingerprint density at radius 2 is 2.06 bits per heavy atom. The zero-order chi connectivity index (χ0) is 13.0. The van der Waals surface area contributed by atoms with Gasteiger partial charge in [0.1, 0.15) is 5.92 Å². The van der Waals surface area contributed by atoms with Crippen molar-refractivity contribution in [3.63, 3.8) is 0 Å². The summed E-state index contributed by atoms with van der Waals surface area (Å²) in [6.07, 6.45) is 0.612. The smallest absolute Gasteiger partial charge is 0.180 e. The van der Waals surface area contributed by atoms with Gasteiger partial charge in [-0.2, -0.15) is 5.26 Å². The van der Waals surface area contributed by atoms with Crippen LogP contribution in [0.3, 0.4) is 0 Å². The lowest BCUT2D eigenvalue weighted by atomic mass is 9.90. The number of nitriles is 1. The van der Waals surface area contributed by atoms with E-state index in [9.17, 15) is 4.79 Å². The summed E-state index contributed by atoms with van der Waals surface area (Å²) in [6, 6.07) is 7.66. The first kappa shape index (κ1) is 13.9. The minimum Gasteiger partial charge on any atom is -0.293 e. The molecule has 0 fully saturated rings. The van der Waals surface area contributed by atoms with Crippen molar-refractivity contribution in [1.29, 1.82) is 5.26 Å². The summed E-state index contributed by atoms with van der Waals surface area (Å²) in [4.78, 5) is 12.2. The van der Waals surface area contributed by atoms with E-state index in [1.165, 1.54) is 0 Å². The van der Waals surface area contributed by atoms with E-state index in [4.69, 9.17) is 5.26 Å². The first-order valence-corrected chi connectivity index (χ1v) is 6.44. The van der Waals surface area contributed by atoms with Gasteiger partial charge in [0, 0.05) is 10.0 Å². The highest BCUT2D eigenvalue weighted by atomic mass is 79.9. The minimum atomic E-state index is -0.538. The third-order valence-corrected chi connectivity index (χ3v) is 2.96. The second-order valence-corrected chi connectivity index (χ2v) is 5.61. The molecule has 0 aliphatic heterocycles. The number of rotatable bonds is 4. The van der Waals surface area contributed by atoms with Crippen LogP contribution >= 0.6 is 15.9 Å². The standard InChI is InChI=1S/C14H16BrNO/c1-9(2)4-12(8-16)14(17)11-5-10(3)6-13(15)7-11/h5-7,9,12H,4H2,1-3H3. The fraction of sp³-hybridized carbons (Fsp3) is 0.429. The van der Waals surface area contributed by atoms with Crippen molar-refractivity contribution in [3.05, 3.63) is 33.8 Å². The zero-order valence-electron chi connectivity index (χ0n) is 10.3. The van der Waals surface area contributed by atoms with Gasteiger partial charge in [0.2, 0.25) is 0 Å². The topological polar surface area (TPSA) is 40.9 Å². The van der Waals surface area contributed by atoms with Crippen LogP contribution < -0.4 is 0 Å². The van der Waals surface area contributed by atoms with Crippen LogP contribution in [0.5, 0.6) is 0 Å². The lowest BCUT2D eigenvalue weighted by Gasteiger charge is -2.11. The molecule has 1 unspecified atom stereocenters. The van der Waals surface area contributed by atoms with Gasteiger partial charge in [-0.3, -0.25) is 4.79 Å². The molecular weight excluding hydrogens is 278 g/mol. The highest BCUT2D eigenvalue weighted by Gasteiger charge is 2.21. The molecule has 1 atom stereocenters. The monoisotopic (exact) mass is 293 g/mol. The molecular formula is C14H16BrNO. The summed E-state index contributed by atoms with van der Waals surface area (Å²) in [5, 5.41) is 9.06. The second kappa shape index (κ2) is 5.97. The van der Waals surface area contributed by atoms with Crippen LogP contribution in [-0.2, 0) is 0 Å². The molecule has 1 rings (SSSR count). The van der Waals surface area contributed by atoms with Crippen molar-refractivity contribution >= 4 is 21.7 Å². The Labute approximate surface area is 111 Å². The number of halogens is 1. The molecule has 0 saturated heterocycles. The number of ketones is 1. The third kappa shape index (κ3) is 3.98. The van der Waals surface area contributed by atoms with Crippen molar-refractivity contribution in [2.24, 2.45) is 11.8 Å². The summed E-state index contributed by atoms with van der Waals surface area (Å²) >= 11 is 3.37. The van der Waals surface area contributed by atoms with Crippen LogP contribution in [0.15, 0.2) is 22.7 Å². The molecule has 2 nitrogen and oxygen atoms in total. The normalized spacial score (nSPS) is 12.2. The van der Waals surface area contributed by atoms with Crippen molar-refractivity contribution in [3.8, 4) is 6.07 Å². The van der Waals surface area contributed by atoms with E-state index in [0.717, 1.165) is 10.0 Å². The van der Waals surface area contributed by atoms with Gasteiger partial charge in [-0.25, -0.2) is 0 Å². The predicted octanol–water partition coefficient (Wildman–Crippen LogP) is 4.13. The zero-order valence-corrected chi connectivity index (χ0v) is 11.9. The average molecular weight is 294 g/mol. The molecule has 3 heteroatoms. The van der Waals surface area contributed by atoms with Gasteiger partial charge in [-0.1, -0.05) is 29.8 Å². The van der Waals surface area contributed by atoms with E-state index in [2.05, 4.69) is 22.0 Å². The Morgan fingerprint density at radius 3 is 2.53 bits per heavy atom. The molecule has 0 spiro atoms. The van der Waals surface area contributed by atoms with E-state index in [-0.39, 0.29) is 5.78 Å². The van der Waals surface area contributed by atoms with Gasteiger partial charge in [0.05, 0.1) is 6.07 Å². The number of carbonyl (C=O) groups excluding carboxylic acids is 1. The molecule has 0 aromatic heterocycles. The fourth-order valence-corrected chi connectivity index (χ4v) is 2.38. The van der Waals surface area contributed by atoms with E-state index >= 15 is 0 Å². The molecule has 1 aromatic carbocycles. The summed E-state index contributed by atoms with van der Waals surface area (Å²) in [7, 11) is 0. The number of Topliss-reactive ketones (excluding diaryl/α,β-unsaturated/α-hetero) is 1. The van der Waals surface area contributed by atoms with E-state index in [1.54, 1.807) is 6.07 Å². The van der Waals surface area contributed by atoms with Crippen LogP contribution in [0.25, 0.3) is 0 Å². The number of aryl methyl sites for hydroxylation is 1. The van der Waals surface area contributed by atoms with Crippen LogP contribution in [0.4, 0.5) is 0 Å². The predicted molar refractivity (Wildman–Crippen MR) is 71.8 cm³/mol. The van der Waals surface area contributed by atoms with Crippen LogP contribution in [0, 0.1) is 30.1 Å². The van der Waals surface area contributed by atoms with Crippen LogP contribution in [-0.4, -0.2) is 5.78 Å². The van der Waals surface area contributed by atoms with E-state index < -0.39 is 5.92 Å². The maximum Gasteiger partial charge on any atom is 0.180 e. The largest absolute Gasteiger partial charge is 0.293 e. The lowest BCUT2D eigenvalue weighted by Crippen LogP contribution is -2.15. The molecule has 0 N–H and O–H groups in total. The van der Waals surface area contributed by atoms with Crippen molar-refractivity contribution in [2.45, 2.75) is 27.2 Å². The quantitative estimate of drug-likeness (QED) is 0.783. The van der Waals surface area contributed by atoms with Crippen LogP contribution in [0.1, 0.15) is 36.2 Å². The second-order valence-electron chi connectivity index (χ2n) is 4.69. The first-order valence-electron chi connectivity index (χ1n) is 5.65. The van der Waals surface area contributed by atoms with Gasteiger partial charge < -0.3 is 0 Å². The number of hydrogen-bond donors (Lipinski definition) is 0.